The van der Waals surface area contributed by atoms with Crippen molar-refractivity contribution in [3.8, 4) is 0 Å². The summed E-state index contributed by atoms with van der Waals surface area (Å²) in [7, 11) is 0. The van der Waals surface area contributed by atoms with Gasteiger partial charge in [-0.15, -0.1) is 11.3 Å². The molecule has 2 rings (SSSR count). The fraction of sp³-hybridized carbons (Fsp3) is 0.706. The number of carbonyl (C=O) groups excluding carboxylic acids is 2. The molecule has 0 bridgehead atoms. The number of hydrogen-bond donors (Lipinski definition) is 2. The second-order valence-corrected chi connectivity index (χ2v) is 8.48. The Kier molecular flexibility index (Phi) is 5.79. The van der Waals surface area contributed by atoms with Gasteiger partial charge in [0.2, 0.25) is 11.8 Å². The van der Waals surface area contributed by atoms with Crippen LogP contribution in [0.1, 0.15) is 57.5 Å². The minimum absolute atomic E-state index is 0.0135. The summed E-state index contributed by atoms with van der Waals surface area (Å²) in [5.74, 6) is 0.687. The van der Waals surface area contributed by atoms with Crippen LogP contribution in [0.2, 0.25) is 0 Å². The van der Waals surface area contributed by atoms with Crippen LogP contribution in [0.25, 0.3) is 0 Å². The van der Waals surface area contributed by atoms with Gasteiger partial charge < -0.3 is 10.6 Å². The summed E-state index contributed by atoms with van der Waals surface area (Å²) >= 11 is 1.60. The maximum Gasteiger partial charge on any atom is 0.226 e. The molecule has 1 aromatic rings. The van der Waals surface area contributed by atoms with E-state index in [1.807, 2.05) is 20.8 Å². The zero-order valence-electron chi connectivity index (χ0n) is 14.5. The Hall–Kier alpha value is -1.43. The molecule has 1 aromatic heterocycles. The highest BCUT2D eigenvalue weighted by atomic mass is 32.1. The number of rotatable bonds is 5. The van der Waals surface area contributed by atoms with E-state index in [-0.39, 0.29) is 17.2 Å². The summed E-state index contributed by atoms with van der Waals surface area (Å²) in [5.41, 5.74) is 0.764. The molecule has 1 aliphatic rings. The van der Waals surface area contributed by atoms with Crippen molar-refractivity contribution in [2.24, 2.45) is 11.3 Å². The molecule has 0 spiro atoms. The Morgan fingerprint density at radius 2 is 2.09 bits per heavy atom. The number of nitrogens with zero attached hydrogens (tertiary/aromatic N) is 1. The number of hydrogen-bond acceptors (Lipinski definition) is 4. The van der Waals surface area contributed by atoms with E-state index in [4.69, 9.17) is 0 Å². The van der Waals surface area contributed by atoms with Crippen molar-refractivity contribution in [1.82, 2.24) is 10.3 Å². The summed E-state index contributed by atoms with van der Waals surface area (Å²) in [5, 5.41) is 6.46. The fourth-order valence-electron chi connectivity index (χ4n) is 2.49. The first-order valence-corrected chi connectivity index (χ1v) is 9.14. The first-order valence-electron chi connectivity index (χ1n) is 8.32. The SMILES string of the molecule is CC1CCc2nc(NC(=O)CCCNC(=O)C(C)(C)C)sc2C1. The molecule has 5 nitrogen and oxygen atoms in total. The van der Waals surface area contributed by atoms with E-state index in [0.717, 1.165) is 18.5 Å². The lowest BCUT2D eigenvalue weighted by Crippen LogP contribution is -2.35. The van der Waals surface area contributed by atoms with Crippen LogP contribution in [0, 0.1) is 11.3 Å². The summed E-state index contributed by atoms with van der Waals surface area (Å²) in [6, 6.07) is 0. The fourth-order valence-corrected chi connectivity index (χ4v) is 3.68. The number of nitrogens with one attached hydrogen (secondary N) is 2. The van der Waals surface area contributed by atoms with Crippen LogP contribution < -0.4 is 10.6 Å². The number of anilines is 1. The van der Waals surface area contributed by atoms with Gasteiger partial charge in [0, 0.05) is 23.3 Å². The monoisotopic (exact) mass is 337 g/mol. The molecule has 0 saturated carbocycles. The predicted octanol–water partition coefficient (Wildman–Crippen LogP) is 3.15. The van der Waals surface area contributed by atoms with E-state index in [0.29, 0.717) is 30.4 Å². The molecular weight excluding hydrogens is 310 g/mol. The van der Waals surface area contributed by atoms with Gasteiger partial charge in [-0.3, -0.25) is 9.59 Å². The van der Waals surface area contributed by atoms with Gasteiger partial charge in [-0.1, -0.05) is 27.7 Å². The van der Waals surface area contributed by atoms with Gasteiger partial charge in [0.05, 0.1) is 5.69 Å². The maximum absolute atomic E-state index is 12.0. The van der Waals surface area contributed by atoms with Crippen LogP contribution in [0.4, 0.5) is 5.13 Å². The molecule has 1 aliphatic carbocycles. The molecule has 0 aromatic carbocycles. The molecule has 1 atom stereocenters. The van der Waals surface area contributed by atoms with Gasteiger partial charge in [0.1, 0.15) is 0 Å². The third-order valence-electron chi connectivity index (χ3n) is 3.98. The van der Waals surface area contributed by atoms with Gasteiger partial charge >= 0.3 is 0 Å². The zero-order valence-corrected chi connectivity index (χ0v) is 15.3. The number of aromatic nitrogens is 1. The van der Waals surface area contributed by atoms with Crippen molar-refractivity contribution in [3.63, 3.8) is 0 Å². The highest BCUT2D eigenvalue weighted by molar-refractivity contribution is 7.15. The Morgan fingerprint density at radius 3 is 2.78 bits per heavy atom. The minimum Gasteiger partial charge on any atom is -0.356 e. The molecule has 0 saturated heterocycles. The molecule has 2 amide bonds. The average molecular weight is 337 g/mol. The number of aryl methyl sites for hydroxylation is 1. The number of thiazole rings is 1. The zero-order chi connectivity index (χ0) is 17.0. The van der Waals surface area contributed by atoms with Crippen LogP contribution in [0.15, 0.2) is 0 Å². The summed E-state index contributed by atoms with van der Waals surface area (Å²) in [4.78, 5) is 29.5. The van der Waals surface area contributed by atoms with Crippen LogP contribution >= 0.6 is 11.3 Å². The molecular formula is C17H27N3O2S. The molecule has 6 heteroatoms. The lowest BCUT2D eigenvalue weighted by Gasteiger charge is -2.17. The van der Waals surface area contributed by atoms with Crippen molar-refractivity contribution in [2.75, 3.05) is 11.9 Å². The minimum atomic E-state index is -0.390. The second-order valence-electron chi connectivity index (χ2n) is 7.39. The standard InChI is InChI=1S/C17H27N3O2S/c1-11-7-8-12-13(10-11)23-16(19-12)20-14(21)6-5-9-18-15(22)17(2,3)4/h11H,5-10H2,1-4H3,(H,18,22)(H,19,20,21). The van der Waals surface area contributed by atoms with E-state index in [9.17, 15) is 9.59 Å². The van der Waals surface area contributed by atoms with E-state index in [1.165, 1.54) is 11.3 Å². The van der Waals surface area contributed by atoms with E-state index in [1.54, 1.807) is 11.3 Å². The molecule has 1 unspecified atom stereocenters. The quantitative estimate of drug-likeness (QED) is 0.811. The van der Waals surface area contributed by atoms with E-state index < -0.39 is 0 Å². The van der Waals surface area contributed by atoms with Gasteiger partial charge in [0.25, 0.3) is 0 Å². The van der Waals surface area contributed by atoms with Crippen LogP contribution in [-0.4, -0.2) is 23.3 Å². The maximum atomic E-state index is 12.0. The summed E-state index contributed by atoms with van der Waals surface area (Å²) in [6.07, 6.45) is 4.29. The van der Waals surface area contributed by atoms with Crippen molar-refractivity contribution in [3.05, 3.63) is 10.6 Å². The second kappa shape index (κ2) is 7.43. The lowest BCUT2D eigenvalue weighted by atomic mass is 9.93. The Morgan fingerprint density at radius 1 is 1.35 bits per heavy atom. The first kappa shape index (κ1) is 17.9. The highest BCUT2D eigenvalue weighted by Crippen LogP contribution is 2.32. The Bertz CT molecular complexity index is 575. The smallest absolute Gasteiger partial charge is 0.226 e. The Balaban J connectivity index is 1.72. The van der Waals surface area contributed by atoms with E-state index >= 15 is 0 Å². The van der Waals surface area contributed by atoms with Gasteiger partial charge in [-0.05, 0) is 31.6 Å². The molecule has 128 valence electrons. The molecule has 0 aliphatic heterocycles. The first-order chi connectivity index (χ1) is 10.8. The van der Waals surface area contributed by atoms with Crippen LogP contribution in [0.5, 0.6) is 0 Å². The lowest BCUT2D eigenvalue weighted by molar-refractivity contribution is -0.128. The number of fused-ring (bicyclic) bond motifs is 1. The van der Waals surface area contributed by atoms with Crippen molar-refractivity contribution in [2.45, 2.75) is 59.8 Å². The Labute approximate surface area is 142 Å². The predicted molar refractivity (Wildman–Crippen MR) is 93.6 cm³/mol. The van der Waals surface area contributed by atoms with Gasteiger partial charge in [0.15, 0.2) is 5.13 Å². The third-order valence-corrected chi connectivity index (χ3v) is 5.02. The van der Waals surface area contributed by atoms with Crippen molar-refractivity contribution >= 4 is 28.3 Å². The summed E-state index contributed by atoms with van der Waals surface area (Å²) < 4.78 is 0. The van der Waals surface area contributed by atoms with Gasteiger partial charge in [-0.2, -0.15) is 0 Å². The average Bonchev–Trinajstić information content (AvgIpc) is 2.83. The molecule has 2 N–H and O–H groups in total. The number of amides is 2. The van der Waals surface area contributed by atoms with Crippen LogP contribution in [0.3, 0.4) is 0 Å². The van der Waals surface area contributed by atoms with E-state index in [2.05, 4.69) is 22.5 Å². The van der Waals surface area contributed by atoms with Crippen molar-refractivity contribution in [1.29, 1.82) is 0 Å². The highest BCUT2D eigenvalue weighted by Gasteiger charge is 2.21. The van der Waals surface area contributed by atoms with Crippen LogP contribution in [-0.2, 0) is 22.4 Å². The largest absolute Gasteiger partial charge is 0.356 e. The molecule has 23 heavy (non-hydrogen) atoms. The molecule has 0 radical (unpaired) electrons. The summed E-state index contributed by atoms with van der Waals surface area (Å²) in [6.45, 7) is 8.41. The molecule has 1 heterocycles. The number of carbonyl (C=O) groups is 2. The normalized spacial score (nSPS) is 17.5. The molecule has 0 fully saturated rings. The third kappa shape index (κ3) is 5.30. The topological polar surface area (TPSA) is 71.1 Å². The van der Waals surface area contributed by atoms with Crippen molar-refractivity contribution < 1.29 is 9.59 Å². The van der Waals surface area contributed by atoms with Gasteiger partial charge in [-0.25, -0.2) is 4.98 Å².